The molecule has 0 radical (unpaired) electrons. The van der Waals surface area contributed by atoms with E-state index < -0.39 is 44.1 Å². The second-order valence-corrected chi connectivity index (χ2v) is 9.48. The van der Waals surface area contributed by atoms with Crippen LogP contribution in [0.5, 0.6) is 5.75 Å². The molecule has 1 aliphatic heterocycles. The molecular formula is C16H18Cl2F3NO5S. The van der Waals surface area contributed by atoms with E-state index in [0.29, 0.717) is 11.1 Å². The van der Waals surface area contributed by atoms with Crippen molar-refractivity contribution in [1.29, 1.82) is 0 Å². The molecule has 0 bridgehead atoms. The Bertz CT molecular complexity index is 897. The summed E-state index contributed by atoms with van der Waals surface area (Å²) in [4.78, 5) is 13.8. The molecule has 1 amide bonds. The summed E-state index contributed by atoms with van der Waals surface area (Å²) in [6, 6.07) is 0.687. The molecule has 6 nitrogen and oxygen atoms in total. The largest absolute Gasteiger partial charge is 0.534 e. The van der Waals surface area contributed by atoms with E-state index in [1.807, 2.05) is 0 Å². The molecule has 0 N–H and O–H groups in total. The van der Waals surface area contributed by atoms with Crippen LogP contribution in [0.2, 0.25) is 10.0 Å². The molecule has 158 valence electrons. The number of nitrogens with zero attached hydrogens (tertiary/aromatic N) is 1. The van der Waals surface area contributed by atoms with Gasteiger partial charge in [-0.1, -0.05) is 23.2 Å². The Morgan fingerprint density at radius 2 is 1.82 bits per heavy atom. The number of halogens is 5. The maximum Gasteiger partial charge on any atom is 0.534 e. The van der Waals surface area contributed by atoms with Crippen molar-refractivity contribution in [1.82, 2.24) is 4.90 Å². The Hall–Kier alpha value is -1.39. The van der Waals surface area contributed by atoms with Crippen LogP contribution in [0.25, 0.3) is 0 Å². The van der Waals surface area contributed by atoms with Gasteiger partial charge < -0.3 is 13.8 Å². The Balaban J connectivity index is 2.41. The molecule has 0 saturated heterocycles. The molecule has 28 heavy (non-hydrogen) atoms. The van der Waals surface area contributed by atoms with E-state index in [0.717, 1.165) is 0 Å². The van der Waals surface area contributed by atoms with Crippen molar-refractivity contribution in [3.8, 4) is 5.75 Å². The van der Waals surface area contributed by atoms with Crippen LogP contribution in [0, 0.1) is 0 Å². The van der Waals surface area contributed by atoms with Gasteiger partial charge in [0.1, 0.15) is 5.60 Å². The van der Waals surface area contributed by atoms with Gasteiger partial charge in [-0.2, -0.15) is 21.6 Å². The topological polar surface area (TPSA) is 72.9 Å². The average Bonchev–Trinajstić information content (AvgIpc) is 2.49. The first-order valence-electron chi connectivity index (χ1n) is 8.06. The zero-order valence-electron chi connectivity index (χ0n) is 15.4. The molecule has 1 heterocycles. The summed E-state index contributed by atoms with van der Waals surface area (Å²) in [5.74, 6) is -0.794. The third kappa shape index (κ3) is 4.60. The summed E-state index contributed by atoms with van der Waals surface area (Å²) in [7, 11) is -5.93. The number of carbonyl (C=O) groups excluding carboxylic acids is 1. The third-order valence-corrected chi connectivity index (χ3v) is 5.57. The number of ether oxygens (including phenoxy) is 1. The predicted molar refractivity (Wildman–Crippen MR) is 97.1 cm³/mol. The summed E-state index contributed by atoms with van der Waals surface area (Å²) < 4.78 is 69.9. The fourth-order valence-electron chi connectivity index (χ4n) is 2.68. The summed E-state index contributed by atoms with van der Waals surface area (Å²) in [6.45, 7) is 6.97. The molecule has 0 spiro atoms. The number of carbonyl (C=O) groups is 1. The lowest BCUT2D eigenvalue weighted by Gasteiger charge is -2.37. The minimum absolute atomic E-state index is 0.150. The number of amides is 1. The van der Waals surface area contributed by atoms with Gasteiger partial charge in [0.25, 0.3) is 0 Å². The highest BCUT2D eigenvalue weighted by Gasteiger charge is 2.49. The quantitative estimate of drug-likeness (QED) is 0.451. The number of rotatable bonds is 2. The fourth-order valence-corrected chi connectivity index (χ4v) is 3.90. The highest BCUT2D eigenvalue weighted by atomic mass is 35.5. The normalized spacial score (nSPS) is 17.9. The Morgan fingerprint density at radius 3 is 2.32 bits per heavy atom. The first-order chi connectivity index (χ1) is 12.5. The molecule has 12 heteroatoms. The first kappa shape index (κ1) is 22.9. The monoisotopic (exact) mass is 463 g/mol. The average molecular weight is 464 g/mol. The van der Waals surface area contributed by atoms with Crippen molar-refractivity contribution in [2.45, 2.75) is 51.3 Å². The van der Waals surface area contributed by atoms with E-state index in [2.05, 4.69) is 4.18 Å². The molecule has 1 unspecified atom stereocenters. The lowest BCUT2D eigenvalue weighted by atomic mass is 9.93. The summed E-state index contributed by atoms with van der Waals surface area (Å²) in [5.41, 5.74) is -5.53. The zero-order chi connectivity index (χ0) is 21.7. The summed E-state index contributed by atoms with van der Waals surface area (Å²) in [5, 5.41) is -0.763. The molecule has 1 atom stereocenters. The Labute approximate surface area is 170 Å². The van der Waals surface area contributed by atoms with Gasteiger partial charge >= 0.3 is 21.7 Å². The number of fused-ring (bicyclic) bond motifs is 1. The van der Waals surface area contributed by atoms with Crippen LogP contribution in [-0.4, -0.2) is 37.1 Å². The van der Waals surface area contributed by atoms with Crippen molar-refractivity contribution in [3.63, 3.8) is 0 Å². The molecule has 1 aliphatic rings. The number of alkyl halides is 3. The lowest BCUT2D eigenvalue weighted by molar-refractivity contribution is -0.0500. The van der Waals surface area contributed by atoms with Gasteiger partial charge in [0.05, 0.1) is 16.1 Å². The molecule has 1 aromatic rings. The minimum atomic E-state index is -5.93. The van der Waals surface area contributed by atoms with Crippen LogP contribution in [0.3, 0.4) is 0 Å². The van der Waals surface area contributed by atoms with E-state index >= 15 is 0 Å². The van der Waals surface area contributed by atoms with Crippen molar-refractivity contribution in [2.24, 2.45) is 0 Å². The number of hydrogen-bond donors (Lipinski definition) is 0. The zero-order valence-corrected chi connectivity index (χ0v) is 17.7. The van der Waals surface area contributed by atoms with Crippen molar-refractivity contribution >= 4 is 39.4 Å². The molecule has 2 rings (SSSR count). The van der Waals surface area contributed by atoms with E-state index in [-0.39, 0.29) is 18.0 Å². The molecule has 0 fully saturated rings. The fraction of sp³-hybridized carbons (Fsp3) is 0.562. The smallest absolute Gasteiger partial charge is 0.444 e. The second-order valence-electron chi connectivity index (χ2n) is 7.15. The molecule has 0 aromatic heterocycles. The van der Waals surface area contributed by atoms with Crippen molar-refractivity contribution < 1.29 is 35.3 Å². The molecule has 0 aliphatic carbocycles. The molecule has 1 aromatic carbocycles. The SMILES string of the molecule is CC1c2cc(Cl)c(OS(=O)(=O)C(F)(F)F)c(Cl)c2CCN1C(=O)OC(C)(C)C. The van der Waals surface area contributed by atoms with Crippen LogP contribution < -0.4 is 4.18 Å². The maximum absolute atomic E-state index is 12.6. The van der Waals surface area contributed by atoms with Crippen molar-refractivity contribution in [3.05, 3.63) is 27.2 Å². The van der Waals surface area contributed by atoms with Crippen LogP contribution >= 0.6 is 23.2 Å². The van der Waals surface area contributed by atoms with Crippen LogP contribution in [0.4, 0.5) is 18.0 Å². The van der Waals surface area contributed by atoms with Gasteiger partial charge in [-0.25, -0.2) is 4.79 Å². The first-order valence-corrected chi connectivity index (χ1v) is 10.2. The van der Waals surface area contributed by atoms with E-state index in [4.69, 9.17) is 27.9 Å². The Morgan fingerprint density at radius 1 is 1.25 bits per heavy atom. The van der Waals surface area contributed by atoms with Crippen LogP contribution in [-0.2, 0) is 21.3 Å². The molecule has 0 saturated carbocycles. The molecular weight excluding hydrogens is 446 g/mol. The van der Waals surface area contributed by atoms with Crippen LogP contribution in [0.15, 0.2) is 6.07 Å². The lowest BCUT2D eigenvalue weighted by Crippen LogP contribution is -2.42. The third-order valence-electron chi connectivity index (χ3n) is 3.94. The van der Waals surface area contributed by atoms with Gasteiger partial charge in [-0.3, -0.25) is 0 Å². The van der Waals surface area contributed by atoms with Gasteiger partial charge in [0, 0.05) is 6.54 Å². The van der Waals surface area contributed by atoms with E-state index in [9.17, 15) is 26.4 Å². The van der Waals surface area contributed by atoms with Gasteiger partial charge in [-0.05, 0) is 51.3 Å². The minimum Gasteiger partial charge on any atom is -0.444 e. The second kappa shape index (κ2) is 7.46. The van der Waals surface area contributed by atoms with Crippen molar-refractivity contribution in [2.75, 3.05) is 6.54 Å². The highest BCUT2D eigenvalue weighted by Crippen LogP contribution is 2.45. The number of benzene rings is 1. The Kier molecular flexibility index (Phi) is 6.10. The van der Waals surface area contributed by atoms with E-state index in [1.54, 1.807) is 27.7 Å². The number of hydrogen-bond acceptors (Lipinski definition) is 5. The predicted octanol–water partition coefficient (Wildman–Crippen LogP) is 5.08. The standard InChI is InChI=1S/C16H18Cl2F3NO5S/c1-8-10-7-11(17)13(27-28(24,25)16(19,20)21)12(18)9(10)5-6-22(8)14(23)26-15(2,3)4/h7-8H,5-6H2,1-4H3. The van der Waals surface area contributed by atoms with Gasteiger partial charge in [-0.15, -0.1) is 0 Å². The highest BCUT2D eigenvalue weighted by molar-refractivity contribution is 7.88. The van der Waals surface area contributed by atoms with Crippen LogP contribution in [0.1, 0.15) is 44.9 Å². The van der Waals surface area contributed by atoms with Gasteiger partial charge in [0.2, 0.25) is 0 Å². The summed E-state index contributed by atoms with van der Waals surface area (Å²) in [6.07, 6.45) is -0.421. The maximum atomic E-state index is 12.6. The summed E-state index contributed by atoms with van der Waals surface area (Å²) >= 11 is 12.1. The van der Waals surface area contributed by atoms with Gasteiger partial charge in [0.15, 0.2) is 5.75 Å². The van der Waals surface area contributed by atoms with E-state index in [1.165, 1.54) is 11.0 Å².